The summed E-state index contributed by atoms with van der Waals surface area (Å²) in [6, 6.07) is 11.5. The first-order chi connectivity index (χ1) is 11.2. The van der Waals surface area contributed by atoms with Crippen molar-refractivity contribution in [3.8, 4) is 6.07 Å². The minimum absolute atomic E-state index is 0.274. The number of nitriles is 1. The number of nitrogens with zero attached hydrogens (tertiary/aromatic N) is 1. The Morgan fingerprint density at radius 1 is 1.39 bits per heavy atom. The molecule has 0 aromatic heterocycles. The highest BCUT2D eigenvalue weighted by atomic mass is 16.1. The molecule has 3 heteroatoms. The van der Waals surface area contributed by atoms with Crippen LogP contribution in [0.1, 0.15) is 31.4 Å². The molecular formula is C20H24N2O. The van der Waals surface area contributed by atoms with Gasteiger partial charge in [-0.05, 0) is 30.0 Å². The van der Waals surface area contributed by atoms with Gasteiger partial charge in [0.05, 0.1) is 18.5 Å². The van der Waals surface area contributed by atoms with Crippen LogP contribution in [0.5, 0.6) is 0 Å². The first kappa shape index (κ1) is 18.6. The number of rotatable bonds is 10. The molecule has 0 aliphatic heterocycles. The molecule has 1 rings (SSSR count). The Bertz CT molecular complexity index is 581. The van der Waals surface area contributed by atoms with Crippen LogP contribution in [0.2, 0.25) is 0 Å². The van der Waals surface area contributed by atoms with Gasteiger partial charge in [-0.2, -0.15) is 5.26 Å². The molecule has 3 nitrogen and oxygen atoms in total. The molecule has 0 bridgehead atoms. The SMILES string of the molecule is C=C/C=C(\C=C/CC#N)C(C)CCNC(C=O)c1ccccc1. The maximum Gasteiger partial charge on any atom is 0.141 e. The molecule has 0 fully saturated rings. The molecule has 0 heterocycles. The molecule has 2 unspecified atom stereocenters. The number of carbonyl (C=O) groups is 1. The van der Waals surface area contributed by atoms with E-state index >= 15 is 0 Å². The van der Waals surface area contributed by atoms with Gasteiger partial charge in [-0.3, -0.25) is 0 Å². The number of allylic oxidation sites excluding steroid dienone is 5. The summed E-state index contributed by atoms with van der Waals surface area (Å²) >= 11 is 0. The molecule has 0 amide bonds. The number of hydrogen-bond donors (Lipinski definition) is 1. The number of carbonyl (C=O) groups excluding carboxylic acids is 1. The van der Waals surface area contributed by atoms with E-state index in [1.54, 1.807) is 6.08 Å². The van der Waals surface area contributed by atoms with Crippen LogP contribution >= 0.6 is 0 Å². The number of benzene rings is 1. The number of nitrogens with one attached hydrogen (secondary N) is 1. The van der Waals surface area contributed by atoms with E-state index in [0.717, 1.165) is 30.4 Å². The summed E-state index contributed by atoms with van der Waals surface area (Å²) in [5.41, 5.74) is 2.12. The standard InChI is InChI=1S/C20H24N2O/c1-3-9-18(10-7-8-14-21)17(2)13-15-22-20(16-23)19-11-5-4-6-12-19/h3-7,9-12,16-17,20,22H,1,8,13,15H2,2H3/b10-7-,18-9+. The van der Waals surface area contributed by atoms with Crippen LogP contribution in [-0.2, 0) is 4.79 Å². The van der Waals surface area contributed by atoms with E-state index in [-0.39, 0.29) is 6.04 Å². The van der Waals surface area contributed by atoms with Gasteiger partial charge in [-0.25, -0.2) is 0 Å². The molecule has 0 radical (unpaired) electrons. The fourth-order valence-corrected chi connectivity index (χ4v) is 2.29. The van der Waals surface area contributed by atoms with Crippen molar-refractivity contribution in [1.82, 2.24) is 5.32 Å². The van der Waals surface area contributed by atoms with Gasteiger partial charge in [0.15, 0.2) is 0 Å². The minimum atomic E-state index is -0.274. The molecule has 0 aliphatic carbocycles. The Morgan fingerprint density at radius 3 is 2.74 bits per heavy atom. The van der Waals surface area contributed by atoms with Crippen LogP contribution in [-0.4, -0.2) is 12.8 Å². The summed E-state index contributed by atoms with van der Waals surface area (Å²) in [4.78, 5) is 11.3. The van der Waals surface area contributed by atoms with Gasteiger partial charge >= 0.3 is 0 Å². The van der Waals surface area contributed by atoms with E-state index in [2.05, 4.69) is 24.9 Å². The second-order valence-corrected chi connectivity index (χ2v) is 5.34. The predicted molar refractivity (Wildman–Crippen MR) is 94.7 cm³/mol. The lowest BCUT2D eigenvalue weighted by atomic mass is 9.96. The Kier molecular flexibility index (Phi) is 9.04. The van der Waals surface area contributed by atoms with Gasteiger partial charge in [0.1, 0.15) is 6.29 Å². The van der Waals surface area contributed by atoms with Crippen LogP contribution in [0.15, 0.2) is 66.8 Å². The van der Waals surface area contributed by atoms with Crippen molar-refractivity contribution in [2.75, 3.05) is 6.54 Å². The molecule has 0 spiro atoms. The van der Waals surface area contributed by atoms with E-state index in [0.29, 0.717) is 12.3 Å². The molecule has 23 heavy (non-hydrogen) atoms. The minimum Gasteiger partial charge on any atom is -0.304 e. The number of aldehydes is 1. The quantitative estimate of drug-likeness (QED) is 0.522. The van der Waals surface area contributed by atoms with Gasteiger partial charge < -0.3 is 10.1 Å². The van der Waals surface area contributed by atoms with Gasteiger partial charge in [0.2, 0.25) is 0 Å². The maximum absolute atomic E-state index is 11.3. The summed E-state index contributed by atoms with van der Waals surface area (Å²) in [6.07, 6.45) is 9.80. The van der Waals surface area contributed by atoms with Crippen LogP contribution in [0, 0.1) is 17.2 Å². The topological polar surface area (TPSA) is 52.9 Å². The largest absolute Gasteiger partial charge is 0.304 e. The van der Waals surface area contributed by atoms with Crippen molar-refractivity contribution in [2.45, 2.75) is 25.8 Å². The van der Waals surface area contributed by atoms with Crippen LogP contribution < -0.4 is 5.32 Å². The third-order valence-corrected chi connectivity index (χ3v) is 3.64. The third-order valence-electron chi connectivity index (χ3n) is 3.64. The van der Waals surface area contributed by atoms with Crippen molar-refractivity contribution in [3.05, 3.63) is 72.4 Å². The van der Waals surface area contributed by atoms with Crippen molar-refractivity contribution in [2.24, 2.45) is 5.92 Å². The van der Waals surface area contributed by atoms with E-state index in [1.165, 1.54) is 0 Å². The lowest BCUT2D eigenvalue weighted by Crippen LogP contribution is -2.25. The Balaban J connectivity index is 2.55. The van der Waals surface area contributed by atoms with Gasteiger partial charge in [0.25, 0.3) is 0 Å². The highest BCUT2D eigenvalue weighted by Gasteiger charge is 2.10. The van der Waals surface area contributed by atoms with Crippen LogP contribution in [0.4, 0.5) is 0 Å². The Labute approximate surface area is 139 Å². The average Bonchev–Trinajstić information content (AvgIpc) is 2.58. The van der Waals surface area contributed by atoms with Crippen molar-refractivity contribution < 1.29 is 4.79 Å². The predicted octanol–water partition coefficient (Wildman–Crippen LogP) is 4.12. The first-order valence-corrected chi connectivity index (χ1v) is 7.82. The molecule has 1 aromatic rings. The highest BCUT2D eigenvalue weighted by molar-refractivity contribution is 5.61. The monoisotopic (exact) mass is 308 g/mol. The zero-order valence-corrected chi connectivity index (χ0v) is 13.6. The van der Waals surface area contributed by atoms with Gasteiger partial charge in [-0.15, -0.1) is 0 Å². The first-order valence-electron chi connectivity index (χ1n) is 7.82. The second-order valence-electron chi connectivity index (χ2n) is 5.34. The third kappa shape index (κ3) is 6.90. The summed E-state index contributed by atoms with van der Waals surface area (Å²) < 4.78 is 0. The van der Waals surface area contributed by atoms with Crippen molar-refractivity contribution in [1.29, 1.82) is 5.26 Å². The van der Waals surface area contributed by atoms with E-state index < -0.39 is 0 Å². The fourth-order valence-electron chi connectivity index (χ4n) is 2.29. The molecule has 0 aliphatic rings. The molecular weight excluding hydrogens is 284 g/mol. The highest BCUT2D eigenvalue weighted by Crippen LogP contribution is 2.17. The van der Waals surface area contributed by atoms with Crippen molar-refractivity contribution >= 4 is 6.29 Å². The molecule has 120 valence electrons. The lowest BCUT2D eigenvalue weighted by molar-refractivity contribution is -0.109. The van der Waals surface area contributed by atoms with Crippen LogP contribution in [0.3, 0.4) is 0 Å². The smallest absolute Gasteiger partial charge is 0.141 e. The Hall–Kier alpha value is -2.44. The normalized spacial score (nSPS) is 14.2. The zero-order valence-electron chi connectivity index (χ0n) is 13.6. The summed E-state index contributed by atoms with van der Waals surface area (Å²) in [6.45, 7) is 6.60. The Morgan fingerprint density at radius 2 is 2.13 bits per heavy atom. The number of hydrogen-bond acceptors (Lipinski definition) is 3. The van der Waals surface area contributed by atoms with Crippen LogP contribution in [0.25, 0.3) is 0 Å². The fraction of sp³-hybridized carbons (Fsp3) is 0.300. The van der Waals surface area contributed by atoms with Crippen molar-refractivity contribution in [3.63, 3.8) is 0 Å². The molecule has 1 aromatic carbocycles. The van der Waals surface area contributed by atoms with E-state index in [4.69, 9.17) is 5.26 Å². The molecule has 1 N–H and O–H groups in total. The van der Waals surface area contributed by atoms with Gasteiger partial charge in [0, 0.05) is 0 Å². The molecule has 2 atom stereocenters. The molecule has 0 saturated carbocycles. The summed E-state index contributed by atoms with van der Waals surface area (Å²) in [5.74, 6) is 0.318. The van der Waals surface area contributed by atoms with E-state index in [9.17, 15) is 4.79 Å². The summed E-state index contributed by atoms with van der Waals surface area (Å²) in [5, 5.41) is 11.9. The average molecular weight is 308 g/mol. The van der Waals surface area contributed by atoms with Gasteiger partial charge in [-0.1, -0.05) is 68.1 Å². The zero-order chi connectivity index (χ0) is 16.9. The van der Waals surface area contributed by atoms with E-state index in [1.807, 2.05) is 48.6 Å². The maximum atomic E-state index is 11.3. The summed E-state index contributed by atoms with van der Waals surface area (Å²) in [7, 11) is 0. The molecule has 0 saturated heterocycles. The lowest BCUT2D eigenvalue weighted by Gasteiger charge is -2.16. The second kappa shape index (κ2) is 11.2.